The molecule has 1 aliphatic heterocycles. The topological polar surface area (TPSA) is 79.5 Å². The monoisotopic (exact) mass is 432 g/mol. The van der Waals surface area contributed by atoms with Crippen LogP contribution in [0.3, 0.4) is 0 Å². The van der Waals surface area contributed by atoms with Gasteiger partial charge in [-0.25, -0.2) is 8.42 Å². The van der Waals surface area contributed by atoms with Crippen LogP contribution < -0.4 is 0 Å². The molecule has 0 atom stereocenters. The highest BCUT2D eigenvalue weighted by Crippen LogP contribution is 2.25. The predicted molar refractivity (Wildman–Crippen MR) is 110 cm³/mol. The molecular weight excluding hydrogens is 412 g/mol. The first-order valence-corrected chi connectivity index (χ1v) is 11.1. The van der Waals surface area contributed by atoms with Crippen LogP contribution in [-0.2, 0) is 16.6 Å². The van der Waals surface area contributed by atoms with E-state index < -0.39 is 10.0 Å². The van der Waals surface area contributed by atoms with E-state index in [1.165, 1.54) is 4.31 Å². The second-order valence-corrected chi connectivity index (χ2v) is 9.33. The molecule has 0 bridgehead atoms. The van der Waals surface area contributed by atoms with E-state index in [1.54, 1.807) is 18.2 Å². The molecule has 2 heterocycles. The lowest BCUT2D eigenvalue weighted by Crippen LogP contribution is -2.48. The zero-order valence-electron chi connectivity index (χ0n) is 16.0. The maximum absolute atomic E-state index is 12.8. The standard InChI is InChI=1S/C20H21ClN4O3S/c1-15-6-8-16(9-7-15)29(26,27)25-12-10-24(11-13-25)14-19-22-20(23-28-19)17-4-2-3-5-18(17)21/h2-9H,10-14H2,1H3. The molecule has 0 N–H and O–H groups in total. The molecule has 1 saturated heterocycles. The van der Waals surface area contributed by atoms with Crippen LogP contribution in [0.1, 0.15) is 11.5 Å². The van der Waals surface area contributed by atoms with E-state index in [9.17, 15) is 8.42 Å². The van der Waals surface area contributed by atoms with Gasteiger partial charge in [0.1, 0.15) is 0 Å². The van der Waals surface area contributed by atoms with Crippen molar-refractivity contribution in [2.24, 2.45) is 0 Å². The summed E-state index contributed by atoms with van der Waals surface area (Å²) < 4.78 is 32.5. The normalized spacial score (nSPS) is 16.2. The van der Waals surface area contributed by atoms with Gasteiger partial charge in [0.05, 0.1) is 16.5 Å². The number of hydrogen-bond donors (Lipinski definition) is 0. The Morgan fingerprint density at radius 1 is 1.03 bits per heavy atom. The maximum Gasteiger partial charge on any atom is 0.243 e. The van der Waals surface area contributed by atoms with Crippen LogP contribution in [0.5, 0.6) is 0 Å². The maximum atomic E-state index is 12.8. The lowest BCUT2D eigenvalue weighted by molar-refractivity contribution is 0.163. The predicted octanol–water partition coefficient (Wildman–Crippen LogP) is 3.20. The molecular formula is C20H21ClN4O3S. The van der Waals surface area contributed by atoms with Gasteiger partial charge in [-0.15, -0.1) is 0 Å². The zero-order chi connectivity index (χ0) is 20.4. The average molecular weight is 433 g/mol. The third kappa shape index (κ3) is 4.35. The number of sulfonamides is 1. The van der Waals surface area contributed by atoms with Crippen molar-refractivity contribution in [3.63, 3.8) is 0 Å². The molecule has 7 nitrogen and oxygen atoms in total. The fraction of sp³-hybridized carbons (Fsp3) is 0.300. The summed E-state index contributed by atoms with van der Waals surface area (Å²) in [6.45, 7) is 4.42. The van der Waals surface area contributed by atoms with Crippen molar-refractivity contribution >= 4 is 21.6 Å². The smallest absolute Gasteiger partial charge is 0.243 e. The molecule has 3 aromatic rings. The zero-order valence-corrected chi connectivity index (χ0v) is 17.5. The summed E-state index contributed by atoms with van der Waals surface area (Å²) in [6.07, 6.45) is 0. The van der Waals surface area contributed by atoms with Crippen LogP contribution in [0.2, 0.25) is 5.02 Å². The summed E-state index contributed by atoms with van der Waals surface area (Å²) in [7, 11) is -3.47. The second kappa shape index (κ2) is 8.23. The summed E-state index contributed by atoms with van der Waals surface area (Å²) in [5, 5.41) is 4.57. The van der Waals surface area contributed by atoms with E-state index in [0.29, 0.717) is 54.4 Å². The Hall–Kier alpha value is -2.26. The molecule has 1 fully saturated rings. The fourth-order valence-electron chi connectivity index (χ4n) is 3.25. The Bertz CT molecular complexity index is 1090. The lowest BCUT2D eigenvalue weighted by Gasteiger charge is -2.33. The third-order valence-electron chi connectivity index (χ3n) is 4.93. The van der Waals surface area contributed by atoms with E-state index in [4.69, 9.17) is 16.1 Å². The molecule has 0 spiro atoms. The van der Waals surface area contributed by atoms with E-state index in [1.807, 2.05) is 37.3 Å². The first kappa shape index (κ1) is 20.0. The molecule has 0 aliphatic carbocycles. The van der Waals surface area contributed by atoms with Gasteiger partial charge < -0.3 is 4.52 Å². The summed E-state index contributed by atoms with van der Waals surface area (Å²) in [5.74, 6) is 0.931. The Labute approximate surface area is 174 Å². The highest BCUT2D eigenvalue weighted by Gasteiger charge is 2.29. The number of piperazine rings is 1. The van der Waals surface area contributed by atoms with E-state index in [-0.39, 0.29) is 0 Å². The molecule has 4 rings (SSSR count). The van der Waals surface area contributed by atoms with Crippen LogP contribution in [0.15, 0.2) is 57.9 Å². The molecule has 0 amide bonds. The molecule has 2 aromatic carbocycles. The average Bonchev–Trinajstić information content (AvgIpc) is 3.17. The number of halogens is 1. The third-order valence-corrected chi connectivity index (χ3v) is 7.17. The van der Waals surface area contributed by atoms with Crippen LogP contribution in [0.25, 0.3) is 11.4 Å². The van der Waals surface area contributed by atoms with Gasteiger partial charge >= 0.3 is 0 Å². The summed E-state index contributed by atoms with van der Waals surface area (Å²) >= 11 is 6.18. The van der Waals surface area contributed by atoms with Crippen molar-refractivity contribution in [1.82, 2.24) is 19.3 Å². The Morgan fingerprint density at radius 2 is 1.72 bits per heavy atom. The minimum Gasteiger partial charge on any atom is -0.338 e. The molecule has 1 aromatic heterocycles. The summed E-state index contributed by atoms with van der Waals surface area (Å²) in [5.41, 5.74) is 1.75. The van der Waals surface area contributed by atoms with Gasteiger partial charge in [0.25, 0.3) is 0 Å². The van der Waals surface area contributed by atoms with Crippen molar-refractivity contribution in [2.45, 2.75) is 18.4 Å². The molecule has 1 aliphatic rings. The Morgan fingerprint density at radius 3 is 2.41 bits per heavy atom. The van der Waals surface area contributed by atoms with Gasteiger partial charge in [0.15, 0.2) is 0 Å². The number of hydrogen-bond acceptors (Lipinski definition) is 6. The van der Waals surface area contributed by atoms with Gasteiger partial charge in [-0.1, -0.05) is 46.6 Å². The second-order valence-electron chi connectivity index (χ2n) is 6.98. The number of aromatic nitrogens is 2. The molecule has 0 saturated carbocycles. The number of benzene rings is 2. The van der Waals surface area contributed by atoms with Crippen molar-refractivity contribution < 1.29 is 12.9 Å². The summed E-state index contributed by atoms with van der Waals surface area (Å²) in [4.78, 5) is 6.86. The first-order chi connectivity index (χ1) is 13.9. The van der Waals surface area contributed by atoms with Gasteiger partial charge in [-0.3, -0.25) is 4.90 Å². The summed E-state index contributed by atoms with van der Waals surface area (Å²) in [6, 6.07) is 14.3. The van der Waals surface area contributed by atoms with Crippen LogP contribution in [-0.4, -0.2) is 53.9 Å². The van der Waals surface area contributed by atoms with Crippen molar-refractivity contribution in [3.8, 4) is 11.4 Å². The van der Waals surface area contributed by atoms with Crippen molar-refractivity contribution in [2.75, 3.05) is 26.2 Å². The van der Waals surface area contributed by atoms with Crippen LogP contribution in [0, 0.1) is 6.92 Å². The highest BCUT2D eigenvalue weighted by molar-refractivity contribution is 7.89. The van der Waals surface area contributed by atoms with Crippen molar-refractivity contribution in [1.29, 1.82) is 0 Å². The Kier molecular flexibility index (Phi) is 5.69. The van der Waals surface area contributed by atoms with Gasteiger partial charge in [0.2, 0.25) is 21.7 Å². The van der Waals surface area contributed by atoms with Crippen LogP contribution in [0.4, 0.5) is 0 Å². The Balaban J connectivity index is 1.38. The van der Waals surface area contributed by atoms with Gasteiger partial charge in [0, 0.05) is 31.7 Å². The minimum atomic E-state index is -3.47. The van der Waals surface area contributed by atoms with E-state index in [0.717, 1.165) is 11.1 Å². The van der Waals surface area contributed by atoms with E-state index >= 15 is 0 Å². The number of aryl methyl sites for hydroxylation is 1. The SMILES string of the molecule is Cc1ccc(S(=O)(=O)N2CCN(Cc3nc(-c4ccccc4Cl)no3)CC2)cc1. The lowest BCUT2D eigenvalue weighted by atomic mass is 10.2. The van der Waals surface area contributed by atoms with Crippen LogP contribution >= 0.6 is 11.6 Å². The van der Waals surface area contributed by atoms with Gasteiger partial charge in [-0.05, 0) is 31.2 Å². The molecule has 152 valence electrons. The molecule has 9 heteroatoms. The van der Waals surface area contributed by atoms with Crippen molar-refractivity contribution in [3.05, 3.63) is 65.0 Å². The minimum absolute atomic E-state index is 0.331. The first-order valence-electron chi connectivity index (χ1n) is 9.30. The highest BCUT2D eigenvalue weighted by atomic mass is 35.5. The molecule has 29 heavy (non-hydrogen) atoms. The largest absolute Gasteiger partial charge is 0.338 e. The van der Waals surface area contributed by atoms with E-state index in [2.05, 4.69) is 15.0 Å². The molecule has 0 radical (unpaired) electrons. The molecule has 0 unspecified atom stereocenters. The number of nitrogens with zero attached hydrogens (tertiary/aromatic N) is 4. The number of rotatable bonds is 5. The van der Waals surface area contributed by atoms with Gasteiger partial charge in [-0.2, -0.15) is 9.29 Å². The fourth-order valence-corrected chi connectivity index (χ4v) is 4.89. The quantitative estimate of drug-likeness (QED) is 0.616.